The number of carbonyl (C=O) groups is 1. The highest BCUT2D eigenvalue weighted by Crippen LogP contribution is 2.29. The van der Waals surface area contributed by atoms with Crippen molar-refractivity contribution in [1.29, 1.82) is 0 Å². The van der Waals surface area contributed by atoms with E-state index in [-0.39, 0.29) is 18.5 Å². The number of hydrogen-bond acceptors (Lipinski definition) is 4. The zero-order valence-electron chi connectivity index (χ0n) is 13.1. The van der Waals surface area contributed by atoms with Gasteiger partial charge in [-0.3, -0.25) is 4.79 Å². The van der Waals surface area contributed by atoms with E-state index in [2.05, 4.69) is 0 Å². The van der Waals surface area contributed by atoms with Gasteiger partial charge in [-0.1, -0.05) is 30.3 Å². The van der Waals surface area contributed by atoms with Crippen molar-refractivity contribution in [2.24, 2.45) is 5.73 Å². The van der Waals surface area contributed by atoms with Gasteiger partial charge in [-0.25, -0.2) is 8.42 Å². The second-order valence-electron chi connectivity index (χ2n) is 5.92. The van der Waals surface area contributed by atoms with Crippen LogP contribution in [0.25, 0.3) is 0 Å². The van der Waals surface area contributed by atoms with Gasteiger partial charge in [0.05, 0.1) is 0 Å². The maximum absolute atomic E-state index is 12.6. The summed E-state index contributed by atoms with van der Waals surface area (Å²) in [5.41, 5.74) is 7.16. The van der Waals surface area contributed by atoms with E-state index in [0.29, 0.717) is 6.54 Å². The molecule has 1 heterocycles. The summed E-state index contributed by atoms with van der Waals surface area (Å²) < 4.78 is 26.6. The molecule has 0 aliphatic carbocycles. The minimum Gasteiger partial charge on any atom is -0.348 e. The summed E-state index contributed by atoms with van der Waals surface area (Å²) in [6, 6.07) is 9.38. The maximum atomic E-state index is 12.6. The van der Waals surface area contributed by atoms with Gasteiger partial charge in [0.2, 0.25) is 15.9 Å². The molecule has 1 aliphatic rings. The van der Waals surface area contributed by atoms with E-state index in [1.54, 1.807) is 14.1 Å². The van der Waals surface area contributed by atoms with Crippen molar-refractivity contribution in [3.05, 3.63) is 35.9 Å². The highest BCUT2D eigenvalue weighted by molar-refractivity contribution is 7.90. The van der Waals surface area contributed by atoms with Gasteiger partial charge in [-0.05, 0) is 12.5 Å². The third-order valence-electron chi connectivity index (χ3n) is 4.15. The van der Waals surface area contributed by atoms with Crippen molar-refractivity contribution >= 4 is 15.9 Å². The molecule has 2 N–H and O–H groups in total. The molecule has 7 heteroatoms. The minimum atomic E-state index is -3.69. The van der Waals surface area contributed by atoms with Crippen LogP contribution in [-0.2, 0) is 14.8 Å². The average molecular weight is 325 g/mol. The number of nitrogens with two attached hydrogens (primary N) is 1. The average Bonchev–Trinajstić information content (AvgIpc) is 2.89. The summed E-state index contributed by atoms with van der Waals surface area (Å²) in [5, 5.41) is -1.09. The topological polar surface area (TPSA) is 83.7 Å². The number of sulfonamides is 1. The molecule has 1 saturated heterocycles. The molecule has 2 rings (SSSR count). The van der Waals surface area contributed by atoms with Gasteiger partial charge in [0, 0.05) is 39.1 Å². The van der Waals surface area contributed by atoms with Crippen LogP contribution in [0.15, 0.2) is 30.3 Å². The monoisotopic (exact) mass is 325 g/mol. The SMILES string of the molecule is CC(C(=O)N(C)C)S(=O)(=O)N1C[C@@H](N)[C@H](c2ccccc2)C1. The minimum absolute atomic E-state index is 0.0439. The van der Waals surface area contributed by atoms with E-state index in [1.165, 1.54) is 16.1 Å². The van der Waals surface area contributed by atoms with Crippen molar-refractivity contribution in [1.82, 2.24) is 9.21 Å². The lowest BCUT2D eigenvalue weighted by Gasteiger charge is -2.23. The Kier molecular flexibility index (Phi) is 4.89. The van der Waals surface area contributed by atoms with Gasteiger partial charge in [0.1, 0.15) is 0 Å². The van der Waals surface area contributed by atoms with Crippen LogP contribution < -0.4 is 5.73 Å². The number of carbonyl (C=O) groups excluding carboxylic acids is 1. The molecule has 22 heavy (non-hydrogen) atoms. The molecule has 0 radical (unpaired) electrons. The Balaban J connectivity index is 2.19. The smallest absolute Gasteiger partial charge is 0.241 e. The van der Waals surface area contributed by atoms with Crippen LogP contribution in [0, 0.1) is 0 Å². The molecule has 0 aromatic heterocycles. The van der Waals surface area contributed by atoms with Gasteiger partial charge in [-0.15, -0.1) is 0 Å². The summed E-state index contributed by atoms with van der Waals surface area (Å²) >= 11 is 0. The Bertz CT molecular complexity index is 631. The fourth-order valence-electron chi connectivity index (χ4n) is 2.77. The Morgan fingerprint density at radius 1 is 1.27 bits per heavy atom. The molecule has 122 valence electrons. The Morgan fingerprint density at radius 2 is 1.86 bits per heavy atom. The highest BCUT2D eigenvalue weighted by Gasteiger charge is 2.42. The molecule has 1 aliphatic heterocycles. The lowest BCUT2D eigenvalue weighted by Crippen LogP contribution is -2.45. The first-order chi connectivity index (χ1) is 10.2. The largest absolute Gasteiger partial charge is 0.348 e. The number of benzene rings is 1. The molecular formula is C15H23N3O3S. The molecule has 1 amide bonds. The number of nitrogens with zero attached hydrogens (tertiary/aromatic N) is 2. The van der Waals surface area contributed by atoms with Crippen LogP contribution in [-0.4, -0.2) is 62.0 Å². The van der Waals surface area contributed by atoms with E-state index in [4.69, 9.17) is 5.73 Å². The molecule has 0 bridgehead atoms. The van der Waals surface area contributed by atoms with Crippen LogP contribution in [0.2, 0.25) is 0 Å². The van der Waals surface area contributed by atoms with Crippen molar-refractivity contribution < 1.29 is 13.2 Å². The summed E-state index contributed by atoms with van der Waals surface area (Å²) in [7, 11) is -0.590. The first-order valence-corrected chi connectivity index (χ1v) is 8.76. The maximum Gasteiger partial charge on any atom is 0.241 e. The summed E-state index contributed by atoms with van der Waals surface area (Å²) in [6.45, 7) is 1.99. The Morgan fingerprint density at radius 3 is 2.41 bits per heavy atom. The lowest BCUT2D eigenvalue weighted by molar-refractivity contribution is -0.128. The first-order valence-electron chi connectivity index (χ1n) is 7.25. The zero-order valence-corrected chi connectivity index (χ0v) is 14.0. The van der Waals surface area contributed by atoms with Crippen molar-refractivity contribution in [3.63, 3.8) is 0 Å². The van der Waals surface area contributed by atoms with E-state index in [0.717, 1.165) is 5.56 Å². The first kappa shape index (κ1) is 16.9. The fourth-order valence-corrected chi connectivity index (χ4v) is 4.43. The molecule has 6 nitrogen and oxygen atoms in total. The number of amides is 1. The molecule has 3 atom stereocenters. The van der Waals surface area contributed by atoms with E-state index in [1.807, 2.05) is 30.3 Å². The molecule has 1 aromatic rings. The Labute approximate surface area is 131 Å². The van der Waals surface area contributed by atoms with Crippen LogP contribution in [0.5, 0.6) is 0 Å². The van der Waals surface area contributed by atoms with Crippen LogP contribution >= 0.6 is 0 Å². The third kappa shape index (κ3) is 3.16. The molecule has 0 saturated carbocycles. The van der Waals surface area contributed by atoms with Crippen LogP contribution in [0.4, 0.5) is 0 Å². The zero-order chi connectivity index (χ0) is 16.5. The molecule has 1 unspecified atom stereocenters. The fraction of sp³-hybridized carbons (Fsp3) is 0.533. The van der Waals surface area contributed by atoms with Crippen LogP contribution in [0.3, 0.4) is 0 Å². The van der Waals surface area contributed by atoms with Gasteiger partial charge >= 0.3 is 0 Å². The van der Waals surface area contributed by atoms with Crippen molar-refractivity contribution in [3.8, 4) is 0 Å². The second kappa shape index (κ2) is 6.36. The number of rotatable bonds is 4. The Hall–Kier alpha value is -1.44. The standard InChI is InChI=1S/C15H23N3O3S/c1-11(15(19)17(2)3)22(20,21)18-9-13(14(16)10-18)12-7-5-4-6-8-12/h4-8,11,13-14H,9-10,16H2,1-3H3/t11?,13-,14+/m0/s1. The van der Waals surface area contributed by atoms with Crippen molar-refractivity contribution in [2.75, 3.05) is 27.2 Å². The molecular weight excluding hydrogens is 302 g/mol. The van der Waals surface area contributed by atoms with Gasteiger partial charge in [-0.2, -0.15) is 4.31 Å². The quantitative estimate of drug-likeness (QED) is 0.858. The van der Waals surface area contributed by atoms with Crippen LogP contribution in [0.1, 0.15) is 18.4 Å². The third-order valence-corrected chi connectivity index (χ3v) is 6.27. The summed E-state index contributed by atoms with van der Waals surface area (Å²) in [4.78, 5) is 13.3. The molecule has 1 fully saturated rings. The summed E-state index contributed by atoms with van der Waals surface area (Å²) in [6.07, 6.45) is 0. The van der Waals surface area contributed by atoms with E-state index in [9.17, 15) is 13.2 Å². The summed E-state index contributed by atoms with van der Waals surface area (Å²) in [5.74, 6) is -0.464. The second-order valence-corrected chi connectivity index (χ2v) is 8.17. The lowest BCUT2D eigenvalue weighted by atomic mass is 9.95. The number of hydrogen-bond donors (Lipinski definition) is 1. The molecule has 0 spiro atoms. The predicted octanol–water partition coefficient (Wildman–Crippen LogP) is 0.220. The van der Waals surface area contributed by atoms with E-state index < -0.39 is 21.2 Å². The highest BCUT2D eigenvalue weighted by atomic mass is 32.2. The van der Waals surface area contributed by atoms with Gasteiger partial charge in [0.15, 0.2) is 5.25 Å². The van der Waals surface area contributed by atoms with E-state index >= 15 is 0 Å². The molecule has 1 aromatic carbocycles. The van der Waals surface area contributed by atoms with Gasteiger partial charge < -0.3 is 10.6 Å². The van der Waals surface area contributed by atoms with Crippen molar-refractivity contribution in [2.45, 2.75) is 24.1 Å². The normalized spacial score (nSPS) is 24.2. The predicted molar refractivity (Wildman–Crippen MR) is 85.8 cm³/mol. The van der Waals surface area contributed by atoms with Gasteiger partial charge in [0.25, 0.3) is 0 Å².